The van der Waals surface area contributed by atoms with E-state index in [0.29, 0.717) is 12.6 Å². The normalized spacial score (nSPS) is 25.2. The maximum Gasteiger partial charge on any atom is 0.293 e. The molecule has 2 aromatic rings. The van der Waals surface area contributed by atoms with Gasteiger partial charge in [-0.1, -0.05) is 0 Å². The van der Waals surface area contributed by atoms with E-state index in [-0.39, 0.29) is 17.6 Å². The fraction of sp³-hybridized carbons (Fsp3) is 0.611. The summed E-state index contributed by atoms with van der Waals surface area (Å²) < 4.78 is 1.57. The van der Waals surface area contributed by atoms with E-state index in [1.165, 1.54) is 18.4 Å². The molecule has 4 heterocycles. The third-order valence-corrected chi connectivity index (χ3v) is 5.77. The largest absolute Gasteiger partial charge is 0.334 e. The molecule has 1 aliphatic carbocycles. The van der Waals surface area contributed by atoms with Gasteiger partial charge in [-0.25, -0.2) is 15.0 Å². The van der Waals surface area contributed by atoms with Gasteiger partial charge in [-0.2, -0.15) is 0 Å². The molecule has 5 rings (SSSR count). The molecule has 1 amide bonds. The third-order valence-electron chi connectivity index (χ3n) is 5.77. The van der Waals surface area contributed by atoms with Crippen LogP contribution in [0.5, 0.6) is 0 Å². The Hall–Kier alpha value is -2.35. The molecule has 2 aliphatic heterocycles. The van der Waals surface area contributed by atoms with Gasteiger partial charge in [-0.15, -0.1) is 5.10 Å². The molecule has 0 radical (unpaired) electrons. The first-order chi connectivity index (χ1) is 12.6. The Morgan fingerprint density at radius 3 is 2.85 bits per heavy atom. The molecule has 2 fully saturated rings. The van der Waals surface area contributed by atoms with Crippen LogP contribution in [0.2, 0.25) is 0 Å². The molecule has 1 saturated carbocycles. The molecule has 8 nitrogen and oxygen atoms in total. The second kappa shape index (κ2) is 5.84. The number of carbonyl (C=O) groups is 1. The highest BCUT2D eigenvalue weighted by Gasteiger charge is 2.46. The molecule has 0 N–H and O–H groups in total. The quantitative estimate of drug-likeness (QED) is 0.810. The predicted molar refractivity (Wildman–Crippen MR) is 93.3 cm³/mol. The minimum atomic E-state index is -0.0845. The van der Waals surface area contributed by atoms with Crippen LogP contribution < -0.4 is 0 Å². The van der Waals surface area contributed by atoms with Crippen molar-refractivity contribution in [3.8, 4) is 0 Å². The van der Waals surface area contributed by atoms with Crippen molar-refractivity contribution < 1.29 is 4.79 Å². The predicted octanol–water partition coefficient (Wildman–Crippen LogP) is 0.747. The van der Waals surface area contributed by atoms with E-state index in [4.69, 9.17) is 4.98 Å². The lowest BCUT2D eigenvalue weighted by Gasteiger charge is -2.37. The van der Waals surface area contributed by atoms with Crippen molar-refractivity contribution in [2.24, 2.45) is 13.0 Å². The van der Waals surface area contributed by atoms with Gasteiger partial charge in [-0.05, 0) is 25.7 Å². The lowest BCUT2D eigenvalue weighted by molar-refractivity contribution is 0.0761. The van der Waals surface area contributed by atoms with E-state index in [1.807, 2.05) is 18.0 Å². The van der Waals surface area contributed by atoms with Crippen molar-refractivity contribution in [1.82, 2.24) is 34.5 Å². The second-order valence-corrected chi connectivity index (χ2v) is 7.83. The van der Waals surface area contributed by atoms with E-state index in [2.05, 4.69) is 20.0 Å². The van der Waals surface area contributed by atoms with E-state index in [9.17, 15) is 4.79 Å². The summed E-state index contributed by atoms with van der Waals surface area (Å²) in [4.78, 5) is 30.6. The van der Waals surface area contributed by atoms with Gasteiger partial charge in [0.05, 0.1) is 5.69 Å². The molecule has 8 heteroatoms. The highest BCUT2D eigenvalue weighted by atomic mass is 16.2. The maximum absolute atomic E-state index is 12.9. The molecule has 0 spiro atoms. The van der Waals surface area contributed by atoms with E-state index in [0.717, 1.165) is 37.1 Å². The summed E-state index contributed by atoms with van der Waals surface area (Å²) in [6, 6.07) is 0.324. The van der Waals surface area contributed by atoms with Gasteiger partial charge < -0.3 is 4.90 Å². The highest BCUT2D eigenvalue weighted by molar-refractivity contribution is 5.90. The van der Waals surface area contributed by atoms with Crippen molar-refractivity contribution in [3.05, 3.63) is 35.4 Å². The number of fused-ring (bicyclic) bond motifs is 3. The standard InChI is InChI=1S/C18H23N7O/c1-11-19-5-13-7-24(6-12-3-4-12)15-9-25(8-14(15)16(13)21-11)18(26)17-20-10-23(2)22-17/h5,10,12,14-15H,3-4,6-9H2,1-2H3. The van der Waals surface area contributed by atoms with Crippen LogP contribution in [0.15, 0.2) is 12.5 Å². The Morgan fingerprint density at radius 2 is 2.12 bits per heavy atom. The van der Waals surface area contributed by atoms with Crippen molar-refractivity contribution in [2.75, 3.05) is 19.6 Å². The lowest BCUT2D eigenvalue weighted by Crippen LogP contribution is -2.45. The Kier molecular flexibility index (Phi) is 3.56. The number of aryl methyl sites for hydroxylation is 2. The molecule has 2 unspecified atom stereocenters. The zero-order valence-electron chi connectivity index (χ0n) is 15.2. The van der Waals surface area contributed by atoms with Crippen LogP contribution >= 0.6 is 0 Å². The zero-order valence-corrected chi connectivity index (χ0v) is 15.2. The third kappa shape index (κ3) is 2.68. The summed E-state index contributed by atoms with van der Waals surface area (Å²) in [6.45, 7) is 5.32. The van der Waals surface area contributed by atoms with Gasteiger partial charge in [0, 0.05) is 56.9 Å². The number of nitrogens with zero attached hydrogens (tertiary/aromatic N) is 7. The minimum Gasteiger partial charge on any atom is -0.334 e. The van der Waals surface area contributed by atoms with E-state index >= 15 is 0 Å². The Labute approximate surface area is 152 Å². The van der Waals surface area contributed by atoms with Crippen LogP contribution in [0.25, 0.3) is 0 Å². The summed E-state index contributed by atoms with van der Waals surface area (Å²) in [5.74, 6) is 2.05. The molecule has 3 aliphatic rings. The fourth-order valence-electron chi connectivity index (χ4n) is 4.29. The number of hydrogen-bond acceptors (Lipinski definition) is 6. The van der Waals surface area contributed by atoms with Gasteiger partial charge in [-0.3, -0.25) is 14.4 Å². The Morgan fingerprint density at radius 1 is 1.27 bits per heavy atom. The minimum absolute atomic E-state index is 0.0845. The van der Waals surface area contributed by atoms with Crippen LogP contribution in [-0.2, 0) is 13.6 Å². The van der Waals surface area contributed by atoms with Crippen molar-refractivity contribution in [2.45, 2.75) is 38.3 Å². The van der Waals surface area contributed by atoms with Crippen LogP contribution in [0.4, 0.5) is 0 Å². The number of hydrogen-bond donors (Lipinski definition) is 0. The monoisotopic (exact) mass is 353 g/mol. The maximum atomic E-state index is 12.9. The topological polar surface area (TPSA) is 80.0 Å². The molecule has 0 aromatic carbocycles. The summed E-state index contributed by atoms with van der Waals surface area (Å²) in [5.41, 5.74) is 2.33. The first-order valence-electron chi connectivity index (χ1n) is 9.30. The SMILES string of the molecule is Cc1ncc2c(n1)C1CN(C(=O)c3ncn(C)n3)CC1N(CC1CC1)C2. The van der Waals surface area contributed by atoms with Gasteiger partial charge >= 0.3 is 0 Å². The number of rotatable bonds is 3. The summed E-state index contributed by atoms with van der Waals surface area (Å²) in [5, 5.41) is 4.18. The summed E-state index contributed by atoms with van der Waals surface area (Å²) in [7, 11) is 1.78. The molecule has 136 valence electrons. The van der Waals surface area contributed by atoms with Gasteiger partial charge in [0.1, 0.15) is 12.2 Å². The molecule has 0 bridgehead atoms. The first-order valence-corrected chi connectivity index (χ1v) is 9.30. The summed E-state index contributed by atoms with van der Waals surface area (Å²) in [6.07, 6.45) is 6.19. The van der Waals surface area contributed by atoms with E-state index < -0.39 is 0 Å². The second-order valence-electron chi connectivity index (χ2n) is 7.83. The van der Waals surface area contributed by atoms with Gasteiger partial charge in [0.25, 0.3) is 5.91 Å². The number of aromatic nitrogens is 5. The summed E-state index contributed by atoms with van der Waals surface area (Å²) >= 11 is 0. The molecular formula is C18H23N7O. The molecular weight excluding hydrogens is 330 g/mol. The molecule has 26 heavy (non-hydrogen) atoms. The average Bonchev–Trinajstić information content (AvgIpc) is 3.15. The van der Waals surface area contributed by atoms with Gasteiger partial charge in [0.2, 0.25) is 5.82 Å². The molecule has 2 atom stereocenters. The molecule has 1 saturated heterocycles. The lowest BCUT2D eigenvalue weighted by atomic mass is 9.90. The first kappa shape index (κ1) is 15.9. The Bertz CT molecular complexity index is 859. The number of carbonyl (C=O) groups excluding carboxylic acids is 1. The van der Waals surface area contributed by atoms with Crippen LogP contribution in [0.3, 0.4) is 0 Å². The Balaban J connectivity index is 1.45. The van der Waals surface area contributed by atoms with Crippen LogP contribution in [0.1, 0.15) is 46.5 Å². The van der Waals surface area contributed by atoms with Crippen molar-refractivity contribution in [3.63, 3.8) is 0 Å². The average molecular weight is 353 g/mol. The number of amides is 1. The zero-order chi connectivity index (χ0) is 17.8. The molecule has 2 aromatic heterocycles. The fourth-order valence-corrected chi connectivity index (χ4v) is 4.29. The van der Waals surface area contributed by atoms with Crippen molar-refractivity contribution >= 4 is 5.91 Å². The smallest absolute Gasteiger partial charge is 0.293 e. The van der Waals surface area contributed by atoms with Gasteiger partial charge in [0.15, 0.2) is 0 Å². The number of likely N-dealkylation sites (tertiary alicyclic amines) is 1. The van der Waals surface area contributed by atoms with Crippen LogP contribution in [0, 0.1) is 12.8 Å². The highest BCUT2D eigenvalue weighted by Crippen LogP contribution is 2.40. The van der Waals surface area contributed by atoms with E-state index in [1.54, 1.807) is 18.1 Å². The van der Waals surface area contributed by atoms with Crippen LogP contribution in [-0.4, -0.2) is 66.1 Å². The van der Waals surface area contributed by atoms with Crippen molar-refractivity contribution in [1.29, 1.82) is 0 Å².